The first-order valence-electron chi connectivity index (χ1n) is 8.03. The fraction of sp³-hybridized carbons (Fsp3) is 0.444. The second-order valence-electron chi connectivity index (χ2n) is 5.77. The third-order valence-corrected chi connectivity index (χ3v) is 4.49. The van der Waals surface area contributed by atoms with Crippen LogP contribution in [0, 0.1) is 0 Å². The van der Waals surface area contributed by atoms with Gasteiger partial charge in [0.2, 0.25) is 0 Å². The summed E-state index contributed by atoms with van der Waals surface area (Å²) in [4.78, 5) is 18.9. The number of aromatic nitrogens is 1. The number of rotatable bonds is 4. The topological polar surface area (TPSA) is 60.9 Å². The fourth-order valence-corrected chi connectivity index (χ4v) is 3.12. The van der Waals surface area contributed by atoms with Crippen LogP contribution in [-0.4, -0.2) is 56.4 Å². The van der Waals surface area contributed by atoms with Gasteiger partial charge in [0.25, 0.3) is 0 Å². The molecule has 0 N–H and O–H groups in total. The second kappa shape index (κ2) is 7.15. The molecule has 1 fully saturated rings. The largest absolute Gasteiger partial charge is 0.496 e. The molecule has 1 saturated heterocycles. The van der Waals surface area contributed by atoms with E-state index in [-0.39, 0.29) is 11.7 Å². The van der Waals surface area contributed by atoms with Crippen LogP contribution < -0.4 is 4.74 Å². The number of ether oxygens (including phenoxy) is 3. The van der Waals surface area contributed by atoms with Gasteiger partial charge in [0.05, 0.1) is 33.0 Å². The van der Waals surface area contributed by atoms with Crippen molar-refractivity contribution >= 4 is 16.9 Å². The molecular weight excluding hydrogens is 308 g/mol. The summed E-state index contributed by atoms with van der Waals surface area (Å²) in [5.74, 6) is 0.153. The van der Waals surface area contributed by atoms with Gasteiger partial charge in [-0.25, -0.2) is 9.78 Å². The summed E-state index contributed by atoms with van der Waals surface area (Å²) in [6, 6.07) is 7.80. The Morgan fingerprint density at radius 2 is 2.04 bits per heavy atom. The lowest BCUT2D eigenvalue weighted by atomic mass is 10.0. The summed E-state index contributed by atoms with van der Waals surface area (Å²) in [7, 11) is 2.94. The smallest absolute Gasteiger partial charge is 0.356 e. The lowest BCUT2D eigenvalue weighted by Crippen LogP contribution is -2.38. The Kier molecular flexibility index (Phi) is 4.97. The molecule has 1 aliphatic heterocycles. The molecule has 2 heterocycles. The minimum Gasteiger partial charge on any atom is -0.496 e. The van der Waals surface area contributed by atoms with E-state index in [9.17, 15) is 4.79 Å². The van der Waals surface area contributed by atoms with Gasteiger partial charge in [0.15, 0.2) is 5.69 Å². The molecule has 0 aliphatic carbocycles. The standard InChI is InChI=1S/C18H22N2O4/c1-12(20-7-9-24-10-8-20)13-5-4-6-14-16(22-2)11-15(18(21)23-3)19-17(13)14/h4-6,11-12H,7-10H2,1-3H3/t12-/m0/s1. The maximum Gasteiger partial charge on any atom is 0.356 e. The van der Waals surface area contributed by atoms with Crippen LogP contribution in [0.2, 0.25) is 0 Å². The fourth-order valence-electron chi connectivity index (χ4n) is 3.12. The summed E-state index contributed by atoms with van der Waals surface area (Å²) in [5, 5.41) is 0.891. The van der Waals surface area contributed by atoms with E-state index in [1.165, 1.54) is 7.11 Å². The lowest BCUT2D eigenvalue weighted by Gasteiger charge is -2.32. The summed E-state index contributed by atoms with van der Waals surface area (Å²) in [6.45, 7) is 5.38. The highest BCUT2D eigenvalue weighted by molar-refractivity contribution is 5.95. The predicted molar refractivity (Wildman–Crippen MR) is 90.4 cm³/mol. The summed E-state index contributed by atoms with van der Waals surface area (Å²) in [6.07, 6.45) is 0. The molecule has 1 atom stereocenters. The second-order valence-corrected chi connectivity index (χ2v) is 5.77. The van der Waals surface area contributed by atoms with Crippen LogP contribution in [-0.2, 0) is 9.47 Å². The Balaban J connectivity index is 2.11. The molecule has 0 radical (unpaired) electrons. The molecule has 0 saturated carbocycles. The molecule has 0 amide bonds. The van der Waals surface area contributed by atoms with E-state index in [4.69, 9.17) is 14.2 Å². The van der Waals surface area contributed by atoms with Crippen molar-refractivity contribution in [3.8, 4) is 5.75 Å². The minimum atomic E-state index is -0.468. The third kappa shape index (κ3) is 3.07. The van der Waals surface area contributed by atoms with Crippen molar-refractivity contribution in [3.63, 3.8) is 0 Å². The van der Waals surface area contributed by atoms with Crippen molar-refractivity contribution in [1.82, 2.24) is 9.88 Å². The van der Waals surface area contributed by atoms with E-state index in [2.05, 4.69) is 22.9 Å². The van der Waals surface area contributed by atoms with Crippen LogP contribution >= 0.6 is 0 Å². The lowest BCUT2D eigenvalue weighted by molar-refractivity contribution is 0.0201. The average Bonchev–Trinajstić information content (AvgIpc) is 2.66. The monoisotopic (exact) mass is 330 g/mol. The van der Waals surface area contributed by atoms with Gasteiger partial charge in [-0.1, -0.05) is 12.1 Å². The van der Waals surface area contributed by atoms with Gasteiger partial charge in [-0.05, 0) is 18.6 Å². The molecule has 2 aromatic rings. The van der Waals surface area contributed by atoms with E-state index in [1.807, 2.05) is 12.1 Å². The van der Waals surface area contributed by atoms with Crippen molar-refractivity contribution in [3.05, 3.63) is 35.5 Å². The Morgan fingerprint density at radius 1 is 1.29 bits per heavy atom. The van der Waals surface area contributed by atoms with Crippen LogP contribution in [0.3, 0.4) is 0 Å². The average molecular weight is 330 g/mol. The molecule has 6 nitrogen and oxygen atoms in total. The molecule has 0 spiro atoms. The summed E-state index contributed by atoms with van der Waals surface area (Å²) < 4.78 is 15.7. The molecule has 0 bridgehead atoms. The van der Waals surface area contributed by atoms with Gasteiger partial charge in [-0.15, -0.1) is 0 Å². The number of carbonyl (C=O) groups is 1. The molecule has 3 rings (SSSR count). The van der Waals surface area contributed by atoms with Gasteiger partial charge in [0, 0.05) is 30.6 Å². The van der Waals surface area contributed by atoms with Gasteiger partial charge < -0.3 is 14.2 Å². The number of methoxy groups -OCH3 is 2. The highest BCUT2D eigenvalue weighted by atomic mass is 16.5. The highest BCUT2D eigenvalue weighted by Gasteiger charge is 2.22. The van der Waals surface area contributed by atoms with Crippen molar-refractivity contribution in [2.24, 2.45) is 0 Å². The molecule has 6 heteroatoms. The van der Waals surface area contributed by atoms with Crippen molar-refractivity contribution in [1.29, 1.82) is 0 Å². The molecule has 1 aliphatic rings. The van der Waals surface area contributed by atoms with Crippen molar-refractivity contribution in [2.45, 2.75) is 13.0 Å². The molecule has 1 aromatic carbocycles. The number of hydrogen-bond acceptors (Lipinski definition) is 6. The number of esters is 1. The Bertz CT molecular complexity index is 741. The van der Waals surface area contributed by atoms with Crippen LogP contribution in [0.1, 0.15) is 29.0 Å². The Morgan fingerprint density at radius 3 is 2.71 bits per heavy atom. The van der Waals surface area contributed by atoms with Gasteiger partial charge in [0.1, 0.15) is 5.75 Å². The molecular formula is C18H22N2O4. The first kappa shape index (κ1) is 16.7. The number of carbonyl (C=O) groups excluding carboxylic acids is 1. The normalized spacial score (nSPS) is 16.8. The Hall–Kier alpha value is -2.18. The minimum absolute atomic E-state index is 0.169. The van der Waals surface area contributed by atoms with Gasteiger partial charge in [-0.2, -0.15) is 0 Å². The number of pyridine rings is 1. The number of benzene rings is 1. The zero-order valence-corrected chi connectivity index (χ0v) is 14.2. The third-order valence-electron chi connectivity index (χ3n) is 4.49. The molecule has 1 aromatic heterocycles. The number of hydrogen-bond donors (Lipinski definition) is 0. The van der Waals surface area contributed by atoms with E-state index < -0.39 is 5.97 Å². The number of fused-ring (bicyclic) bond motifs is 1. The van der Waals surface area contributed by atoms with E-state index in [0.29, 0.717) is 5.75 Å². The SMILES string of the molecule is COC(=O)c1cc(OC)c2cccc([C@H](C)N3CCOCC3)c2n1. The van der Waals surface area contributed by atoms with Crippen LogP contribution in [0.4, 0.5) is 0 Å². The van der Waals surface area contributed by atoms with E-state index in [0.717, 1.165) is 42.8 Å². The Labute approximate surface area is 141 Å². The maximum atomic E-state index is 11.9. The van der Waals surface area contributed by atoms with E-state index >= 15 is 0 Å². The summed E-state index contributed by atoms with van der Waals surface area (Å²) in [5.41, 5.74) is 2.10. The van der Waals surface area contributed by atoms with Crippen LogP contribution in [0.15, 0.2) is 24.3 Å². The summed E-state index contributed by atoms with van der Waals surface area (Å²) >= 11 is 0. The van der Waals surface area contributed by atoms with Crippen LogP contribution in [0.25, 0.3) is 10.9 Å². The number of para-hydroxylation sites is 1. The van der Waals surface area contributed by atoms with Gasteiger partial charge >= 0.3 is 5.97 Å². The first-order valence-corrected chi connectivity index (χ1v) is 8.03. The molecule has 24 heavy (non-hydrogen) atoms. The highest BCUT2D eigenvalue weighted by Crippen LogP contribution is 2.32. The van der Waals surface area contributed by atoms with E-state index in [1.54, 1.807) is 13.2 Å². The molecule has 0 unspecified atom stereocenters. The first-order chi connectivity index (χ1) is 11.7. The number of nitrogens with zero attached hydrogens (tertiary/aromatic N) is 2. The zero-order valence-electron chi connectivity index (χ0n) is 14.2. The van der Waals surface area contributed by atoms with Crippen LogP contribution in [0.5, 0.6) is 5.75 Å². The molecule has 128 valence electrons. The quantitative estimate of drug-likeness (QED) is 0.803. The van der Waals surface area contributed by atoms with Gasteiger partial charge in [-0.3, -0.25) is 4.90 Å². The van der Waals surface area contributed by atoms with Crippen molar-refractivity contribution < 1.29 is 19.0 Å². The maximum absolute atomic E-state index is 11.9. The van der Waals surface area contributed by atoms with Crippen molar-refractivity contribution in [2.75, 3.05) is 40.5 Å². The zero-order chi connectivity index (χ0) is 17.1. The predicted octanol–water partition coefficient (Wildman–Crippen LogP) is 2.42. The number of morpholine rings is 1.